The molecule has 0 aliphatic heterocycles. The van der Waals surface area contributed by atoms with E-state index in [0.717, 1.165) is 17.2 Å². The molecule has 3 nitrogen and oxygen atoms in total. The monoisotopic (exact) mass is 245 g/mol. The second-order valence-corrected chi connectivity index (χ2v) is 4.93. The zero-order valence-electron chi connectivity index (χ0n) is 10.2. The van der Waals surface area contributed by atoms with Crippen molar-refractivity contribution < 1.29 is 4.39 Å². The van der Waals surface area contributed by atoms with E-state index in [0.29, 0.717) is 12.3 Å². The van der Waals surface area contributed by atoms with E-state index >= 15 is 0 Å². The van der Waals surface area contributed by atoms with Crippen LogP contribution in [0.2, 0.25) is 0 Å². The van der Waals surface area contributed by atoms with Crippen LogP contribution >= 0.6 is 0 Å². The van der Waals surface area contributed by atoms with Gasteiger partial charge in [-0.3, -0.25) is 5.10 Å². The maximum atomic E-state index is 13.1. The molecule has 0 radical (unpaired) electrons. The largest absolute Gasteiger partial charge is 0.263 e. The lowest BCUT2D eigenvalue weighted by Crippen LogP contribution is -1.95. The fourth-order valence-corrected chi connectivity index (χ4v) is 2.60. The average Bonchev–Trinajstić information content (AvgIpc) is 2.98. The first-order valence-electron chi connectivity index (χ1n) is 6.47. The van der Waals surface area contributed by atoms with Gasteiger partial charge >= 0.3 is 0 Å². The maximum absolute atomic E-state index is 13.1. The molecule has 0 amide bonds. The van der Waals surface area contributed by atoms with Crippen molar-refractivity contribution in [3.63, 3.8) is 0 Å². The van der Waals surface area contributed by atoms with Crippen molar-refractivity contribution in [3.05, 3.63) is 47.3 Å². The number of nitrogens with one attached hydrogen (secondary N) is 1. The van der Waals surface area contributed by atoms with Gasteiger partial charge in [-0.1, -0.05) is 25.0 Å². The number of rotatable bonds is 3. The molecule has 4 heteroatoms. The van der Waals surface area contributed by atoms with E-state index in [1.54, 1.807) is 6.07 Å². The van der Waals surface area contributed by atoms with E-state index in [2.05, 4.69) is 15.2 Å². The fraction of sp³-hybridized carbons (Fsp3) is 0.429. The number of aromatic amines is 1. The van der Waals surface area contributed by atoms with Crippen LogP contribution in [-0.2, 0) is 6.42 Å². The zero-order chi connectivity index (χ0) is 12.4. The summed E-state index contributed by atoms with van der Waals surface area (Å²) in [6, 6.07) is 6.62. The molecule has 1 N–H and O–H groups in total. The Balaban J connectivity index is 1.73. The van der Waals surface area contributed by atoms with Gasteiger partial charge in [-0.2, -0.15) is 5.10 Å². The summed E-state index contributed by atoms with van der Waals surface area (Å²) >= 11 is 0. The second kappa shape index (κ2) is 4.88. The minimum atomic E-state index is -0.206. The first kappa shape index (κ1) is 11.4. The van der Waals surface area contributed by atoms with Crippen LogP contribution in [0.4, 0.5) is 4.39 Å². The quantitative estimate of drug-likeness (QED) is 0.902. The molecule has 2 aromatic rings. The molecule has 1 fully saturated rings. The maximum Gasteiger partial charge on any atom is 0.153 e. The van der Waals surface area contributed by atoms with Crippen molar-refractivity contribution >= 4 is 0 Å². The van der Waals surface area contributed by atoms with Gasteiger partial charge in [0.2, 0.25) is 0 Å². The zero-order valence-corrected chi connectivity index (χ0v) is 10.2. The molecule has 0 unspecified atom stereocenters. The van der Waals surface area contributed by atoms with Crippen molar-refractivity contribution in [2.45, 2.75) is 38.0 Å². The van der Waals surface area contributed by atoms with E-state index in [1.165, 1.54) is 37.8 Å². The number of hydrogen-bond donors (Lipinski definition) is 1. The highest BCUT2D eigenvalue weighted by Gasteiger charge is 2.21. The number of halogens is 1. The van der Waals surface area contributed by atoms with Crippen molar-refractivity contribution in [1.82, 2.24) is 15.2 Å². The first-order chi connectivity index (χ1) is 8.81. The van der Waals surface area contributed by atoms with Gasteiger partial charge in [-0.05, 0) is 30.5 Å². The van der Waals surface area contributed by atoms with Gasteiger partial charge in [0.15, 0.2) is 5.82 Å². The summed E-state index contributed by atoms with van der Waals surface area (Å²) in [5, 5.41) is 7.25. The van der Waals surface area contributed by atoms with Gasteiger partial charge in [0.25, 0.3) is 0 Å². The highest BCUT2D eigenvalue weighted by Crippen LogP contribution is 2.31. The Bertz CT molecular complexity index is 529. The van der Waals surface area contributed by atoms with Gasteiger partial charge in [-0.15, -0.1) is 0 Å². The molecule has 1 aliphatic carbocycles. The topological polar surface area (TPSA) is 41.6 Å². The lowest BCUT2D eigenvalue weighted by molar-refractivity contribution is 0.626. The van der Waals surface area contributed by atoms with E-state index < -0.39 is 0 Å². The van der Waals surface area contributed by atoms with Gasteiger partial charge in [0.05, 0.1) is 0 Å². The standard InChI is InChI=1S/C14H16FN3/c15-12-7-3-4-10(8-12)9-13-16-14(18-17-13)11-5-1-2-6-11/h3-4,7-8,11H,1-2,5-6,9H2,(H,16,17,18). The summed E-state index contributed by atoms with van der Waals surface area (Å²) in [6.07, 6.45) is 5.54. The van der Waals surface area contributed by atoms with Crippen LogP contribution in [-0.4, -0.2) is 15.2 Å². The molecule has 0 saturated heterocycles. The van der Waals surface area contributed by atoms with Crippen LogP contribution in [0.3, 0.4) is 0 Å². The molecule has 18 heavy (non-hydrogen) atoms. The molecular formula is C14H16FN3. The Hall–Kier alpha value is -1.71. The SMILES string of the molecule is Fc1cccc(Cc2nc(C3CCCC3)n[nH]2)c1. The summed E-state index contributed by atoms with van der Waals surface area (Å²) in [5.41, 5.74) is 0.920. The first-order valence-corrected chi connectivity index (χ1v) is 6.47. The lowest BCUT2D eigenvalue weighted by Gasteiger charge is -2.01. The third-order valence-corrected chi connectivity index (χ3v) is 3.53. The Labute approximate surface area is 105 Å². The van der Waals surface area contributed by atoms with E-state index in [1.807, 2.05) is 6.07 Å². The number of hydrogen-bond acceptors (Lipinski definition) is 2. The molecule has 1 aromatic heterocycles. The van der Waals surface area contributed by atoms with E-state index in [4.69, 9.17) is 0 Å². The predicted octanol–water partition coefficient (Wildman–Crippen LogP) is 3.19. The highest BCUT2D eigenvalue weighted by molar-refractivity contribution is 5.20. The molecule has 0 atom stereocenters. The minimum absolute atomic E-state index is 0.206. The van der Waals surface area contributed by atoms with Crippen LogP contribution in [0.25, 0.3) is 0 Å². The van der Waals surface area contributed by atoms with Crippen LogP contribution in [0.5, 0.6) is 0 Å². The summed E-state index contributed by atoms with van der Waals surface area (Å²) < 4.78 is 13.1. The van der Waals surface area contributed by atoms with Crippen LogP contribution < -0.4 is 0 Å². The Morgan fingerprint density at radius 1 is 1.28 bits per heavy atom. The molecule has 1 saturated carbocycles. The molecule has 1 aromatic carbocycles. The van der Waals surface area contributed by atoms with Crippen LogP contribution in [0, 0.1) is 5.82 Å². The predicted molar refractivity (Wildman–Crippen MR) is 66.8 cm³/mol. The fourth-order valence-electron chi connectivity index (χ4n) is 2.60. The normalized spacial score (nSPS) is 16.3. The Morgan fingerprint density at radius 2 is 2.11 bits per heavy atom. The molecule has 1 heterocycles. The van der Waals surface area contributed by atoms with Crippen molar-refractivity contribution in [2.75, 3.05) is 0 Å². The third-order valence-electron chi connectivity index (χ3n) is 3.53. The summed E-state index contributed by atoms with van der Waals surface area (Å²) in [6.45, 7) is 0. The molecule has 3 rings (SSSR count). The Morgan fingerprint density at radius 3 is 2.89 bits per heavy atom. The minimum Gasteiger partial charge on any atom is -0.263 e. The van der Waals surface area contributed by atoms with Gasteiger partial charge < -0.3 is 0 Å². The van der Waals surface area contributed by atoms with Gasteiger partial charge in [0, 0.05) is 12.3 Å². The Kier molecular flexibility index (Phi) is 3.09. The summed E-state index contributed by atoms with van der Waals surface area (Å²) in [7, 11) is 0. The number of benzene rings is 1. The second-order valence-electron chi connectivity index (χ2n) is 4.93. The molecular weight excluding hydrogens is 229 g/mol. The van der Waals surface area contributed by atoms with Crippen molar-refractivity contribution in [2.24, 2.45) is 0 Å². The number of nitrogens with zero attached hydrogens (tertiary/aromatic N) is 2. The summed E-state index contributed by atoms with van der Waals surface area (Å²) in [5.74, 6) is 2.06. The lowest BCUT2D eigenvalue weighted by atomic mass is 10.1. The van der Waals surface area contributed by atoms with E-state index in [-0.39, 0.29) is 5.82 Å². The van der Waals surface area contributed by atoms with Gasteiger partial charge in [0.1, 0.15) is 11.6 Å². The molecule has 94 valence electrons. The van der Waals surface area contributed by atoms with Crippen LogP contribution in [0.15, 0.2) is 24.3 Å². The molecule has 0 spiro atoms. The average molecular weight is 245 g/mol. The van der Waals surface area contributed by atoms with Crippen molar-refractivity contribution in [3.8, 4) is 0 Å². The summed E-state index contributed by atoms with van der Waals surface area (Å²) in [4.78, 5) is 4.53. The van der Waals surface area contributed by atoms with Gasteiger partial charge in [-0.25, -0.2) is 9.37 Å². The molecule has 0 bridgehead atoms. The number of aromatic nitrogens is 3. The highest BCUT2D eigenvalue weighted by atomic mass is 19.1. The molecule has 1 aliphatic rings. The number of H-pyrrole nitrogens is 1. The smallest absolute Gasteiger partial charge is 0.153 e. The van der Waals surface area contributed by atoms with Crippen molar-refractivity contribution in [1.29, 1.82) is 0 Å². The van der Waals surface area contributed by atoms with Crippen LogP contribution in [0.1, 0.15) is 48.8 Å². The van der Waals surface area contributed by atoms with E-state index in [9.17, 15) is 4.39 Å². The third kappa shape index (κ3) is 2.42.